The van der Waals surface area contributed by atoms with Crippen molar-refractivity contribution in [2.75, 3.05) is 25.5 Å². The minimum absolute atomic E-state index is 0.0264. The number of benzene rings is 2. The van der Waals surface area contributed by atoms with Crippen LogP contribution in [0.1, 0.15) is 36.5 Å². The van der Waals surface area contributed by atoms with Gasteiger partial charge in [0.2, 0.25) is 5.91 Å². The van der Waals surface area contributed by atoms with Crippen LogP contribution in [0.15, 0.2) is 42.5 Å². The number of anilines is 1. The van der Waals surface area contributed by atoms with Crippen LogP contribution in [-0.4, -0.2) is 36.9 Å². The van der Waals surface area contributed by atoms with Crippen LogP contribution in [0, 0.1) is 13.8 Å². The molecule has 5 heteroatoms. The summed E-state index contributed by atoms with van der Waals surface area (Å²) in [6.07, 6.45) is 0. The molecule has 0 unspecified atom stereocenters. The van der Waals surface area contributed by atoms with Gasteiger partial charge in [-0.25, -0.2) is 0 Å². The summed E-state index contributed by atoms with van der Waals surface area (Å²) in [5.41, 5.74) is 3.87. The van der Waals surface area contributed by atoms with E-state index in [4.69, 9.17) is 4.74 Å². The molecular formula is C22H28N2O3. The normalized spacial score (nSPS) is 10.6. The summed E-state index contributed by atoms with van der Waals surface area (Å²) in [5.74, 6) is 0.526. The fraction of sp³-hybridized carbons (Fsp3) is 0.364. The van der Waals surface area contributed by atoms with Gasteiger partial charge >= 0.3 is 0 Å². The summed E-state index contributed by atoms with van der Waals surface area (Å²) in [7, 11) is 1.60. The van der Waals surface area contributed by atoms with Crippen molar-refractivity contribution < 1.29 is 14.3 Å². The number of rotatable bonds is 7. The lowest BCUT2D eigenvalue weighted by atomic mass is 10.0. The fourth-order valence-corrected chi connectivity index (χ4v) is 2.70. The Morgan fingerprint density at radius 3 is 2.52 bits per heavy atom. The molecule has 27 heavy (non-hydrogen) atoms. The van der Waals surface area contributed by atoms with Crippen LogP contribution < -0.4 is 10.1 Å². The summed E-state index contributed by atoms with van der Waals surface area (Å²) in [6, 6.07) is 13.6. The molecule has 0 atom stereocenters. The number of hydrogen-bond donors (Lipinski definition) is 1. The zero-order valence-electron chi connectivity index (χ0n) is 16.7. The van der Waals surface area contributed by atoms with Gasteiger partial charge in [0, 0.05) is 12.7 Å². The first-order valence-corrected chi connectivity index (χ1v) is 9.10. The lowest BCUT2D eigenvalue weighted by Crippen LogP contribution is -2.37. The lowest BCUT2D eigenvalue weighted by molar-refractivity contribution is -0.135. The second-order valence-electron chi connectivity index (χ2n) is 7.10. The maximum Gasteiger partial charge on any atom is 0.260 e. The number of nitrogens with one attached hydrogen (secondary N) is 1. The van der Waals surface area contributed by atoms with Crippen LogP contribution in [0.3, 0.4) is 0 Å². The van der Waals surface area contributed by atoms with Gasteiger partial charge in [-0.15, -0.1) is 0 Å². The van der Waals surface area contributed by atoms with Crippen LogP contribution in [-0.2, 0) is 9.59 Å². The first-order chi connectivity index (χ1) is 12.8. The molecule has 0 aromatic heterocycles. The van der Waals surface area contributed by atoms with E-state index >= 15 is 0 Å². The van der Waals surface area contributed by atoms with Gasteiger partial charge in [-0.05, 0) is 48.6 Å². The van der Waals surface area contributed by atoms with Crippen LogP contribution in [0.2, 0.25) is 0 Å². The SMILES string of the molecule is Cc1ccc(C)c(NC(=O)CN(C)C(=O)COc2ccccc2C(C)C)c1. The quantitative estimate of drug-likeness (QED) is 0.806. The second kappa shape index (κ2) is 9.21. The molecule has 0 aliphatic carbocycles. The smallest absolute Gasteiger partial charge is 0.260 e. The lowest BCUT2D eigenvalue weighted by Gasteiger charge is -2.19. The number of carbonyl (C=O) groups is 2. The Labute approximate surface area is 161 Å². The van der Waals surface area contributed by atoms with Crippen molar-refractivity contribution in [3.8, 4) is 5.75 Å². The van der Waals surface area contributed by atoms with E-state index in [1.54, 1.807) is 7.05 Å². The number of para-hydroxylation sites is 1. The molecule has 0 radical (unpaired) electrons. The van der Waals surface area contributed by atoms with E-state index in [1.807, 2.05) is 56.3 Å². The Bertz CT molecular complexity index is 815. The largest absolute Gasteiger partial charge is 0.483 e. The van der Waals surface area contributed by atoms with E-state index in [0.717, 1.165) is 22.4 Å². The van der Waals surface area contributed by atoms with E-state index < -0.39 is 0 Å². The van der Waals surface area contributed by atoms with Gasteiger partial charge < -0.3 is 15.0 Å². The number of hydrogen-bond acceptors (Lipinski definition) is 3. The van der Waals surface area contributed by atoms with Crippen LogP contribution in [0.5, 0.6) is 5.75 Å². The van der Waals surface area contributed by atoms with Gasteiger partial charge in [-0.1, -0.05) is 44.2 Å². The molecule has 0 saturated carbocycles. The van der Waals surface area contributed by atoms with E-state index in [1.165, 1.54) is 4.90 Å². The molecule has 144 valence electrons. The molecule has 0 heterocycles. The number of amides is 2. The third-order valence-corrected chi connectivity index (χ3v) is 4.37. The maximum absolute atomic E-state index is 12.3. The number of likely N-dealkylation sites (N-methyl/N-ethyl adjacent to an activating group) is 1. The van der Waals surface area contributed by atoms with Crippen molar-refractivity contribution in [2.45, 2.75) is 33.6 Å². The Morgan fingerprint density at radius 1 is 1.11 bits per heavy atom. The minimum atomic E-state index is -0.246. The first kappa shape index (κ1) is 20.5. The van der Waals surface area contributed by atoms with Crippen molar-refractivity contribution in [3.63, 3.8) is 0 Å². The highest BCUT2D eigenvalue weighted by Crippen LogP contribution is 2.25. The molecule has 0 spiro atoms. The number of ether oxygens (including phenoxy) is 1. The molecule has 2 rings (SSSR count). The van der Waals surface area contributed by atoms with Gasteiger partial charge in [-0.2, -0.15) is 0 Å². The average molecular weight is 368 g/mol. The standard InChI is InChI=1S/C22H28N2O3/c1-15(2)18-8-6-7-9-20(18)27-14-22(26)24(5)13-21(25)23-19-12-16(3)10-11-17(19)4/h6-12,15H,13-14H2,1-5H3,(H,23,25). The Kier molecular flexibility index (Phi) is 6.99. The van der Waals surface area contributed by atoms with Gasteiger partial charge in [-0.3, -0.25) is 9.59 Å². The highest BCUT2D eigenvalue weighted by atomic mass is 16.5. The monoisotopic (exact) mass is 368 g/mol. The molecule has 0 saturated heterocycles. The summed E-state index contributed by atoms with van der Waals surface area (Å²) in [4.78, 5) is 26.0. The van der Waals surface area contributed by atoms with E-state index in [-0.39, 0.29) is 25.0 Å². The third kappa shape index (κ3) is 5.84. The number of nitrogens with zero attached hydrogens (tertiary/aromatic N) is 1. The molecular weight excluding hydrogens is 340 g/mol. The maximum atomic E-state index is 12.3. The Hall–Kier alpha value is -2.82. The van der Waals surface area contributed by atoms with Crippen LogP contribution in [0.25, 0.3) is 0 Å². The van der Waals surface area contributed by atoms with E-state index in [2.05, 4.69) is 19.2 Å². The minimum Gasteiger partial charge on any atom is -0.483 e. The fourth-order valence-electron chi connectivity index (χ4n) is 2.70. The molecule has 0 bridgehead atoms. The summed E-state index contributed by atoms with van der Waals surface area (Å²) < 4.78 is 5.69. The van der Waals surface area contributed by atoms with Crippen molar-refractivity contribution in [2.24, 2.45) is 0 Å². The highest BCUT2D eigenvalue weighted by molar-refractivity contribution is 5.95. The molecule has 0 aliphatic rings. The average Bonchev–Trinajstić information content (AvgIpc) is 2.62. The molecule has 2 amide bonds. The molecule has 2 aromatic rings. The number of aryl methyl sites for hydroxylation is 2. The van der Waals surface area contributed by atoms with Gasteiger partial charge in [0.15, 0.2) is 6.61 Å². The van der Waals surface area contributed by atoms with Crippen LogP contribution >= 0.6 is 0 Å². The first-order valence-electron chi connectivity index (χ1n) is 9.10. The predicted octanol–water partition coefficient (Wildman–Crippen LogP) is 3.90. The van der Waals surface area contributed by atoms with Crippen molar-refractivity contribution in [1.82, 2.24) is 4.90 Å². The van der Waals surface area contributed by atoms with Crippen molar-refractivity contribution in [3.05, 3.63) is 59.2 Å². The van der Waals surface area contributed by atoms with Gasteiger partial charge in [0.25, 0.3) is 5.91 Å². The van der Waals surface area contributed by atoms with E-state index in [9.17, 15) is 9.59 Å². The molecule has 2 aromatic carbocycles. The van der Waals surface area contributed by atoms with E-state index in [0.29, 0.717) is 11.7 Å². The zero-order chi connectivity index (χ0) is 20.0. The van der Waals surface area contributed by atoms with Gasteiger partial charge in [0.05, 0.1) is 6.54 Å². The number of carbonyl (C=O) groups excluding carboxylic acids is 2. The Balaban J connectivity index is 1.90. The summed E-state index contributed by atoms with van der Waals surface area (Å²) in [5, 5.41) is 2.86. The van der Waals surface area contributed by atoms with Crippen molar-refractivity contribution >= 4 is 17.5 Å². The molecule has 5 nitrogen and oxygen atoms in total. The molecule has 1 N–H and O–H groups in total. The Morgan fingerprint density at radius 2 is 1.81 bits per heavy atom. The highest BCUT2D eigenvalue weighted by Gasteiger charge is 2.15. The predicted molar refractivity (Wildman–Crippen MR) is 108 cm³/mol. The topological polar surface area (TPSA) is 58.6 Å². The molecule has 0 fully saturated rings. The third-order valence-electron chi connectivity index (χ3n) is 4.37. The summed E-state index contributed by atoms with van der Waals surface area (Å²) >= 11 is 0. The zero-order valence-corrected chi connectivity index (χ0v) is 16.7. The van der Waals surface area contributed by atoms with Crippen molar-refractivity contribution in [1.29, 1.82) is 0 Å². The summed E-state index contributed by atoms with van der Waals surface area (Å²) in [6.45, 7) is 7.93. The van der Waals surface area contributed by atoms with Gasteiger partial charge in [0.1, 0.15) is 5.75 Å². The van der Waals surface area contributed by atoms with Crippen LogP contribution in [0.4, 0.5) is 5.69 Å². The second-order valence-corrected chi connectivity index (χ2v) is 7.10. The molecule has 0 aliphatic heterocycles.